The number of hydrogen-bond acceptors (Lipinski definition) is 8. The van der Waals surface area contributed by atoms with Crippen molar-refractivity contribution >= 4 is 33.6 Å². The Morgan fingerprint density at radius 3 is 2.85 bits per heavy atom. The maximum Gasteiger partial charge on any atom is 0.145 e. The van der Waals surface area contributed by atoms with Gasteiger partial charge in [0.1, 0.15) is 29.7 Å². The van der Waals surface area contributed by atoms with E-state index in [1.165, 1.54) is 6.33 Å². The van der Waals surface area contributed by atoms with Gasteiger partial charge in [-0.1, -0.05) is 18.2 Å². The highest BCUT2D eigenvalue weighted by atomic mass is 16.5. The summed E-state index contributed by atoms with van der Waals surface area (Å²) in [5.74, 6) is 0.912. The van der Waals surface area contributed by atoms with Crippen LogP contribution in [0.5, 0.6) is 0 Å². The molecule has 4 aromatic rings. The van der Waals surface area contributed by atoms with Crippen molar-refractivity contribution < 1.29 is 14.9 Å². The summed E-state index contributed by atoms with van der Waals surface area (Å²) in [6.45, 7) is 0.420. The first-order chi connectivity index (χ1) is 16.4. The van der Waals surface area contributed by atoms with Crippen LogP contribution in [0.3, 0.4) is 0 Å². The number of aliphatic hydroxyl groups is 2. The van der Waals surface area contributed by atoms with Crippen LogP contribution in [0.4, 0.5) is 11.6 Å². The molecule has 1 saturated carbocycles. The van der Waals surface area contributed by atoms with E-state index in [2.05, 4.69) is 21.0 Å². The van der Waals surface area contributed by atoms with Gasteiger partial charge in [-0.2, -0.15) is 0 Å². The van der Waals surface area contributed by atoms with Gasteiger partial charge in [-0.15, -0.1) is 0 Å². The van der Waals surface area contributed by atoms with E-state index < -0.39 is 17.6 Å². The minimum absolute atomic E-state index is 0.00343. The highest BCUT2D eigenvalue weighted by molar-refractivity contribution is 5.86. The second-order valence-electron chi connectivity index (χ2n) is 9.69. The minimum Gasteiger partial charge on any atom is -0.390 e. The zero-order chi connectivity index (χ0) is 23.4. The second-order valence-corrected chi connectivity index (χ2v) is 9.69. The molecule has 2 fully saturated rings. The maximum absolute atomic E-state index is 11.1. The molecule has 5 unspecified atom stereocenters. The van der Waals surface area contributed by atoms with E-state index >= 15 is 0 Å². The predicted molar refractivity (Wildman–Crippen MR) is 129 cm³/mol. The fraction of sp³-hybridized carbons (Fsp3) is 0.400. The lowest BCUT2D eigenvalue weighted by Crippen LogP contribution is -2.37. The molecule has 6 rings (SSSR count). The van der Waals surface area contributed by atoms with E-state index in [4.69, 9.17) is 16.2 Å². The Balaban J connectivity index is 1.20. The normalized spacial score (nSPS) is 29.0. The van der Waals surface area contributed by atoms with Gasteiger partial charge in [0.2, 0.25) is 0 Å². The zero-order valence-corrected chi connectivity index (χ0v) is 18.7. The molecular formula is C25H28N6O3. The number of nitrogen functional groups attached to an aromatic ring is 2. The van der Waals surface area contributed by atoms with E-state index in [0.29, 0.717) is 36.7 Å². The molecular weight excluding hydrogens is 432 g/mol. The Morgan fingerprint density at radius 2 is 1.97 bits per heavy atom. The molecule has 1 saturated heterocycles. The number of pyridine rings is 1. The summed E-state index contributed by atoms with van der Waals surface area (Å²) in [6.07, 6.45) is 4.39. The van der Waals surface area contributed by atoms with Crippen molar-refractivity contribution in [2.75, 3.05) is 18.1 Å². The minimum atomic E-state index is -0.917. The number of fused-ring (bicyclic) bond motifs is 2. The molecule has 5 atom stereocenters. The van der Waals surface area contributed by atoms with E-state index in [1.54, 1.807) is 0 Å². The van der Waals surface area contributed by atoms with Crippen molar-refractivity contribution in [1.29, 1.82) is 0 Å². The summed E-state index contributed by atoms with van der Waals surface area (Å²) in [6, 6.07) is 11.5. The molecule has 176 valence electrons. The third kappa shape index (κ3) is 3.31. The molecule has 9 heteroatoms. The number of rotatable bonds is 4. The van der Waals surface area contributed by atoms with Crippen LogP contribution in [0, 0.1) is 5.41 Å². The summed E-state index contributed by atoms with van der Waals surface area (Å²) in [4.78, 5) is 12.9. The van der Waals surface area contributed by atoms with Crippen LogP contribution in [-0.2, 0) is 11.2 Å². The third-order valence-electron chi connectivity index (χ3n) is 7.66. The molecule has 34 heavy (non-hydrogen) atoms. The molecule has 4 heterocycles. The maximum atomic E-state index is 11.1. The van der Waals surface area contributed by atoms with Gasteiger partial charge in [-0.3, -0.25) is 0 Å². The molecule has 0 bridgehead atoms. The summed E-state index contributed by atoms with van der Waals surface area (Å²) >= 11 is 0. The monoisotopic (exact) mass is 460 g/mol. The van der Waals surface area contributed by atoms with Gasteiger partial charge in [-0.05, 0) is 49.4 Å². The van der Waals surface area contributed by atoms with E-state index in [9.17, 15) is 10.2 Å². The lowest BCUT2D eigenvalue weighted by molar-refractivity contribution is -0.0309. The summed E-state index contributed by atoms with van der Waals surface area (Å²) in [5.41, 5.74) is 14.1. The molecule has 1 aliphatic carbocycles. The zero-order valence-electron chi connectivity index (χ0n) is 18.7. The second kappa shape index (κ2) is 7.90. The first-order valence-corrected chi connectivity index (χ1v) is 11.6. The number of para-hydroxylation sites is 1. The van der Waals surface area contributed by atoms with Crippen molar-refractivity contribution in [3.8, 4) is 0 Å². The fourth-order valence-electron chi connectivity index (χ4n) is 5.88. The van der Waals surface area contributed by atoms with Gasteiger partial charge < -0.3 is 31.0 Å². The van der Waals surface area contributed by atoms with Gasteiger partial charge in [0.05, 0.1) is 35.8 Å². The van der Waals surface area contributed by atoms with Crippen LogP contribution < -0.4 is 11.5 Å². The number of ether oxygens (including phenoxy) is 1. The first kappa shape index (κ1) is 21.3. The topological polar surface area (TPSA) is 145 Å². The average molecular weight is 461 g/mol. The van der Waals surface area contributed by atoms with Crippen LogP contribution in [-0.4, -0.2) is 54.7 Å². The third-order valence-corrected chi connectivity index (χ3v) is 7.66. The van der Waals surface area contributed by atoms with Crippen LogP contribution >= 0.6 is 0 Å². The standard InChI is InChI=1S/C25H28N6O3/c26-19-7-5-15-3-1-2-14(20(15)30-19)4-6-16-10-25(12-34-16)11-18(21(32)22(25)33)31-9-8-17-23(27)28-13-29-24(17)31/h1-3,5,7-9,13,16,18,21-22,32-33H,4,6,10-12H2,(H2,26,30)(H2,27,28,29). The lowest BCUT2D eigenvalue weighted by Gasteiger charge is -2.26. The van der Waals surface area contributed by atoms with E-state index in [-0.39, 0.29) is 12.1 Å². The summed E-state index contributed by atoms with van der Waals surface area (Å²) in [7, 11) is 0. The number of nitrogens with two attached hydrogens (primary N) is 2. The van der Waals surface area contributed by atoms with Crippen LogP contribution in [0.25, 0.3) is 21.9 Å². The number of nitrogens with zero attached hydrogens (tertiary/aromatic N) is 4. The molecule has 3 aromatic heterocycles. The van der Waals surface area contributed by atoms with Crippen molar-refractivity contribution in [1.82, 2.24) is 19.5 Å². The Bertz CT molecular complexity index is 1370. The SMILES string of the molecule is Nc1ccc2cccc(CCC3CC4(CO3)CC(n3ccc5c(N)ncnc53)C(O)C4O)c2n1. The molecule has 0 radical (unpaired) electrons. The Kier molecular flexibility index (Phi) is 4.94. The highest BCUT2D eigenvalue weighted by Gasteiger charge is 2.57. The largest absolute Gasteiger partial charge is 0.390 e. The molecule has 0 amide bonds. The summed E-state index contributed by atoms with van der Waals surface area (Å²) < 4.78 is 8.08. The molecule has 2 aliphatic rings. The Labute approximate surface area is 196 Å². The number of hydrogen-bond donors (Lipinski definition) is 4. The van der Waals surface area contributed by atoms with Gasteiger partial charge in [-0.25, -0.2) is 15.0 Å². The fourth-order valence-corrected chi connectivity index (χ4v) is 5.88. The average Bonchev–Trinajstić information content (AvgIpc) is 3.51. The molecule has 1 aromatic carbocycles. The van der Waals surface area contributed by atoms with Gasteiger partial charge in [0.25, 0.3) is 0 Å². The highest BCUT2D eigenvalue weighted by Crippen LogP contribution is 2.52. The number of aryl methyl sites for hydroxylation is 1. The number of benzene rings is 1. The predicted octanol–water partition coefficient (Wildman–Crippen LogP) is 2.22. The Hall–Kier alpha value is -3.27. The smallest absolute Gasteiger partial charge is 0.145 e. The Morgan fingerprint density at radius 1 is 1.09 bits per heavy atom. The van der Waals surface area contributed by atoms with Gasteiger partial charge in [0.15, 0.2) is 0 Å². The quantitative estimate of drug-likeness (QED) is 0.363. The van der Waals surface area contributed by atoms with Crippen LogP contribution in [0.15, 0.2) is 48.9 Å². The summed E-state index contributed by atoms with van der Waals surface area (Å²) in [5, 5.41) is 23.9. The molecule has 6 N–H and O–H groups in total. The van der Waals surface area contributed by atoms with Gasteiger partial charge in [0, 0.05) is 17.0 Å². The van der Waals surface area contributed by atoms with E-state index in [1.807, 2.05) is 41.1 Å². The lowest BCUT2D eigenvalue weighted by atomic mass is 9.80. The van der Waals surface area contributed by atoms with E-state index in [0.717, 1.165) is 34.7 Å². The molecule has 9 nitrogen and oxygen atoms in total. The van der Waals surface area contributed by atoms with Crippen molar-refractivity contribution in [3.05, 3.63) is 54.5 Å². The number of anilines is 2. The van der Waals surface area contributed by atoms with Crippen LogP contribution in [0.2, 0.25) is 0 Å². The number of aliphatic hydroxyl groups excluding tert-OH is 2. The van der Waals surface area contributed by atoms with Crippen molar-refractivity contribution in [2.24, 2.45) is 5.41 Å². The van der Waals surface area contributed by atoms with Crippen LogP contribution in [0.1, 0.15) is 30.9 Å². The van der Waals surface area contributed by atoms with Crippen molar-refractivity contribution in [3.63, 3.8) is 0 Å². The van der Waals surface area contributed by atoms with Crippen molar-refractivity contribution in [2.45, 2.75) is 50.0 Å². The van der Waals surface area contributed by atoms with Gasteiger partial charge >= 0.3 is 0 Å². The molecule has 1 spiro atoms. The first-order valence-electron chi connectivity index (χ1n) is 11.6. The number of aromatic nitrogens is 4. The molecule has 1 aliphatic heterocycles.